The van der Waals surface area contributed by atoms with Crippen molar-refractivity contribution in [3.63, 3.8) is 0 Å². The summed E-state index contributed by atoms with van der Waals surface area (Å²) in [5, 5.41) is 0. The van der Waals surface area contributed by atoms with E-state index in [4.69, 9.17) is 9.60 Å². The second-order valence-corrected chi connectivity index (χ2v) is 3.23. The zero-order valence-electron chi connectivity index (χ0n) is 15.7. The van der Waals surface area contributed by atoms with Gasteiger partial charge in [0.1, 0.15) is 0 Å². The highest BCUT2D eigenvalue weighted by Gasteiger charge is 2.13. The molecule has 0 radical (unpaired) electrons. The van der Waals surface area contributed by atoms with Crippen LogP contribution in [0.15, 0.2) is 15.9 Å². The van der Waals surface area contributed by atoms with Crippen molar-refractivity contribution in [2.75, 3.05) is 0 Å². The summed E-state index contributed by atoms with van der Waals surface area (Å²) in [5.41, 5.74) is -2.14. The van der Waals surface area contributed by atoms with E-state index in [2.05, 4.69) is 4.98 Å². The summed E-state index contributed by atoms with van der Waals surface area (Å²) in [7, 11) is 2.49. The molecule has 0 spiro atoms. The number of hydrogen-bond acceptors (Lipinski definition) is 3. The summed E-state index contributed by atoms with van der Waals surface area (Å²) >= 11 is 0. The number of aromatic nitrogens is 4. The molecule has 0 fully saturated rings. The number of imidazole rings is 1. The van der Waals surface area contributed by atoms with Crippen LogP contribution in [0.2, 0.25) is 0 Å². The highest BCUT2D eigenvalue weighted by atomic mass is 16.2. The van der Waals surface area contributed by atoms with E-state index in [1.165, 1.54) is 14.1 Å². The van der Waals surface area contributed by atoms with Gasteiger partial charge in [0.2, 0.25) is 0 Å². The lowest BCUT2D eigenvalue weighted by atomic mass is 10.4. The van der Waals surface area contributed by atoms with E-state index in [1.807, 2.05) is 0 Å². The Hall–Kier alpha value is -1.85. The molecule has 86 valence electrons. The van der Waals surface area contributed by atoms with Gasteiger partial charge in [0.15, 0.2) is 11.2 Å². The Morgan fingerprint density at radius 3 is 2.88 bits per heavy atom. The molecule has 0 saturated carbocycles. The van der Waals surface area contributed by atoms with E-state index >= 15 is 0 Å². The molecule has 6 heteroatoms. The average Bonchev–Trinajstić information content (AvgIpc) is 2.86. The Labute approximate surface area is 102 Å². The molecule has 16 heavy (non-hydrogen) atoms. The van der Waals surface area contributed by atoms with Crippen molar-refractivity contribution in [3.8, 4) is 0 Å². The summed E-state index contributed by atoms with van der Waals surface area (Å²) in [6.45, 7) is -6.38. The van der Waals surface area contributed by atoms with E-state index < -0.39 is 36.5 Å². The first-order valence-corrected chi connectivity index (χ1v) is 4.38. The van der Waals surface area contributed by atoms with Gasteiger partial charge < -0.3 is 4.57 Å². The van der Waals surface area contributed by atoms with Crippen LogP contribution in [0, 0.1) is 0 Å². The fourth-order valence-electron chi connectivity index (χ4n) is 1.49. The van der Waals surface area contributed by atoms with Crippen LogP contribution in [0.3, 0.4) is 0 Å². The van der Waals surface area contributed by atoms with Crippen molar-refractivity contribution in [2.24, 2.45) is 14.1 Å². The smallest absolute Gasteiger partial charge is 0.325 e. The lowest BCUT2D eigenvalue weighted by molar-refractivity contribution is 0.676. The lowest BCUT2D eigenvalue weighted by Gasteiger charge is -2.05. The Bertz CT molecular complexity index is 889. The summed E-state index contributed by atoms with van der Waals surface area (Å²) in [6, 6.07) is 0. The molecule has 0 aliphatic rings. The Balaban J connectivity index is 2.91. The second kappa shape index (κ2) is 3.62. The van der Waals surface area contributed by atoms with Crippen LogP contribution in [0.5, 0.6) is 0 Å². The maximum absolute atomic E-state index is 12.3. The topological polar surface area (TPSA) is 61.8 Å². The molecule has 6 nitrogen and oxygen atoms in total. The van der Waals surface area contributed by atoms with Crippen LogP contribution in [0.1, 0.15) is 22.8 Å². The minimum Gasteiger partial charge on any atom is -0.325 e. The Morgan fingerprint density at radius 2 is 2.19 bits per heavy atom. The quantitative estimate of drug-likeness (QED) is 0.719. The Morgan fingerprint density at radius 1 is 1.44 bits per heavy atom. The molecule has 0 atom stereocenters. The van der Waals surface area contributed by atoms with Crippen LogP contribution in [-0.2, 0) is 20.6 Å². The predicted molar refractivity (Wildman–Crippen MR) is 60.5 cm³/mol. The van der Waals surface area contributed by atoms with E-state index in [0.29, 0.717) is 9.13 Å². The molecule has 0 N–H and O–H groups in total. The minimum absolute atomic E-state index is 0.164. The molecular weight excluding hydrogens is 208 g/mol. The fraction of sp³-hybridized carbons (Fsp3) is 0.500. The van der Waals surface area contributed by atoms with Crippen LogP contribution in [-0.4, -0.2) is 18.7 Å². The number of hydrogen-bond donors (Lipinski definition) is 0. The van der Waals surface area contributed by atoms with Gasteiger partial charge in [0.05, 0.1) is 6.33 Å². The van der Waals surface area contributed by atoms with E-state index in [1.54, 1.807) is 0 Å². The van der Waals surface area contributed by atoms with E-state index in [0.717, 1.165) is 10.9 Å². The maximum Gasteiger partial charge on any atom is 0.332 e. The summed E-state index contributed by atoms with van der Waals surface area (Å²) in [4.78, 5) is 27.9. The van der Waals surface area contributed by atoms with Gasteiger partial charge in [0, 0.05) is 30.2 Å². The molecule has 0 aliphatic heterocycles. The Kier molecular flexibility index (Phi) is 1.13. The van der Waals surface area contributed by atoms with Crippen molar-refractivity contribution in [1.29, 1.82) is 0 Å². The molecule has 0 unspecified atom stereocenters. The highest BCUT2D eigenvalue weighted by Crippen LogP contribution is 2.05. The number of nitrogens with zero attached hydrogens (tertiary/aromatic N) is 4. The average molecular weight is 229 g/mol. The monoisotopic (exact) mass is 229 g/mol. The minimum atomic E-state index is -3.30. The van der Waals surface area contributed by atoms with Gasteiger partial charge in [-0.3, -0.25) is 13.9 Å². The van der Waals surface area contributed by atoms with Gasteiger partial charge in [-0.05, 0) is 6.37 Å². The molecule has 0 amide bonds. The molecule has 0 aromatic carbocycles. The van der Waals surface area contributed by atoms with Crippen LogP contribution in [0.4, 0.5) is 0 Å². The standard InChI is InChI=1S/C10H14N4O2/c1-4-5-14-6-11-8-7(14)9(15)13(3)10(16)12(8)2/h6H,4-5H2,1-3H3/i1D3,4D2,5D2. The molecular formula is C10H14N4O2. The molecule has 2 aromatic rings. The zero-order valence-corrected chi connectivity index (χ0v) is 8.68. The van der Waals surface area contributed by atoms with Gasteiger partial charge in [0.25, 0.3) is 5.56 Å². The SMILES string of the molecule is [2H]C([2H])([2H])C([2H])([2H])C([2H])([2H])n1cnc2c1c(=O)n(C)c(=O)n2C. The van der Waals surface area contributed by atoms with Gasteiger partial charge >= 0.3 is 5.69 Å². The number of aryl methyl sites for hydroxylation is 2. The summed E-state index contributed by atoms with van der Waals surface area (Å²) < 4.78 is 55.1. The number of rotatable bonds is 2. The highest BCUT2D eigenvalue weighted by molar-refractivity contribution is 5.69. The maximum atomic E-state index is 12.3. The molecule has 0 saturated heterocycles. The first-order chi connectivity index (χ1) is 10.2. The van der Waals surface area contributed by atoms with Crippen molar-refractivity contribution >= 4 is 11.2 Å². The third kappa shape index (κ3) is 1.30. The van der Waals surface area contributed by atoms with Crippen molar-refractivity contribution < 1.29 is 9.60 Å². The van der Waals surface area contributed by atoms with Crippen LogP contribution >= 0.6 is 0 Å². The van der Waals surface area contributed by atoms with Gasteiger partial charge in [-0.25, -0.2) is 9.78 Å². The normalized spacial score (nSPS) is 20.2. The molecule has 2 aromatic heterocycles. The third-order valence-electron chi connectivity index (χ3n) is 2.32. The number of fused-ring (bicyclic) bond motifs is 1. The van der Waals surface area contributed by atoms with E-state index in [-0.39, 0.29) is 5.65 Å². The van der Waals surface area contributed by atoms with Crippen molar-refractivity contribution in [1.82, 2.24) is 18.7 Å². The fourth-order valence-corrected chi connectivity index (χ4v) is 1.49. The second-order valence-electron chi connectivity index (χ2n) is 3.23. The zero-order chi connectivity index (χ0) is 18.0. The third-order valence-corrected chi connectivity index (χ3v) is 2.32. The molecule has 0 bridgehead atoms. The van der Waals surface area contributed by atoms with E-state index in [9.17, 15) is 9.59 Å². The van der Waals surface area contributed by atoms with Crippen molar-refractivity contribution in [2.45, 2.75) is 19.7 Å². The van der Waals surface area contributed by atoms with Gasteiger partial charge in [-0.2, -0.15) is 0 Å². The van der Waals surface area contributed by atoms with Crippen molar-refractivity contribution in [3.05, 3.63) is 27.2 Å². The summed E-state index contributed by atoms with van der Waals surface area (Å²) in [6.07, 6.45) is -2.48. The summed E-state index contributed by atoms with van der Waals surface area (Å²) in [5.74, 6) is 0. The first-order valence-electron chi connectivity index (χ1n) is 7.88. The van der Waals surface area contributed by atoms with Crippen LogP contribution < -0.4 is 11.2 Å². The lowest BCUT2D eigenvalue weighted by Crippen LogP contribution is -2.37. The molecule has 2 rings (SSSR count). The van der Waals surface area contributed by atoms with Gasteiger partial charge in [-0.1, -0.05) is 6.85 Å². The molecule has 2 heterocycles. The molecule has 0 aliphatic carbocycles. The first kappa shape index (κ1) is 4.99. The van der Waals surface area contributed by atoms with Crippen LogP contribution in [0.25, 0.3) is 11.2 Å². The van der Waals surface area contributed by atoms with Gasteiger partial charge in [-0.15, -0.1) is 0 Å². The largest absolute Gasteiger partial charge is 0.332 e. The predicted octanol–water partition coefficient (Wildman–Crippen LogP) is -0.156.